The number of sulfonamides is 3. The van der Waals surface area contributed by atoms with Crippen molar-refractivity contribution in [3.05, 3.63) is 188 Å². The molecule has 3 amide bonds. The van der Waals surface area contributed by atoms with Gasteiger partial charge in [0.25, 0.3) is 30.1 Å². The van der Waals surface area contributed by atoms with E-state index >= 15 is 0 Å². The number of nitrogens with zero attached hydrogens (tertiary/aromatic N) is 9. The Morgan fingerprint density at radius 2 is 0.949 bits per heavy atom. The standard InChI is InChI=1S/C23H20ClF3N4O3S2.C21H19ClN4O3S2.C21H20N4O4S2.7H2/c24-15-3-8-18-14(12-15)2-1-10-31(18)19-9-11-30(21(19)32)16-4-6-17(7-5-16)36(33,34)29-22-28-20(13-35-22)23(25,26)27;22-17-2-1-3-18-16(17)8-11-26(18)19-9-12-25(20(19)27)14-4-6-15(7-5-14)31(28,29)24-21-23-10-13-30-21;26-19-3-1-2-17-16(19)8-11-25(17)18-9-12-24(20(18)27)14-4-6-15(7-5-14)31(28,29)23-21-22-10-13-30-21;;;;;;;/h3-8,12-13,19H,1-2,9-11H2,(H,28,29);1-7,10,13,19H,8-9,11-12H2,(H,23,24);1-7,10,13,18,26H,8-9,11-12H2,(H,22,23);7*1H/t2*19-;18-;;;;;;;/m000......./s1. The highest BCUT2D eigenvalue weighted by Crippen LogP contribution is 2.42. The summed E-state index contributed by atoms with van der Waals surface area (Å²) in [7, 11) is -11.6. The number of alkyl halides is 3. The third kappa shape index (κ3) is 14.1. The Morgan fingerprint density at radius 3 is 1.40 bits per heavy atom. The Labute approximate surface area is 594 Å². The number of aryl methyl sites for hydroxylation is 1. The van der Waals surface area contributed by atoms with Gasteiger partial charge in [0.05, 0.1) is 14.7 Å². The minimum Gasteiger partial charge on any atom is -0.508 e. The van der Waals surface area contributed by atoms with Gasteiger partial charge < -0.3 is 34.5 Å². The molecular weight excluding hydrogens is 1430 g/mol. The predicted octanol–water partition coefficient (Wildman–Crippen LogP) is 13.5. The molecule has 0 spiro atoms. The van der Waals surface area contributed by atoms with E-state index in [0.29, 0.717) is 95.5 Å². The number of anilines is 9. The van der Waals surface area contributed by atoms with Crippen molar-refractivity contribution in [2.75, 3.05) is 82.8 Å². The molecule has 524 valence electrons. The van der Waals surface area contributed by atoms with Crippen LogP contribution in [0, 0.1) is 0 Å². The molecule has 0 radical (unpaired) electrons. The van der Waals surface area contributed by atoms with E-state index in [9.17, 15) is 57.9 Å². The van der Waals surface area contributed by atoms with E-state index in [2.05, 4.69) is 43.8 Å². The SMILES string of the molecule is O=C1[C@@H](N2CCCc3cc(Cl)ccc32)CCN1c1ccc(S(=O)(=O)Nc2nc(C(F)(F)F)cs2)cc1.O=C1[C@@H](N2CCc3c(Cl)cccc32)CCN1c1ccc(S(=O)(=O)Nc2nccs2)cc1.O=C1[C@@H](N2CCc3c(O)cccc32)CCN1c1ccc(S(=O)(=O)Nc2nccs2)cc1.[HH].[HH].[HH].[HH].[HH].[HH].[HH]. The van der Waals surface area contributed by atoms with Crippen molar-refractivity contribution >= 4 is 155 Å². The molecule has 0 unspecified atom stereocenters. The minimum atomic E-state index is -4.66. The monoisotopic (exact) mass is 1500 g/mol. The Balaban J connectivity index is 0.000000240. The van der Waals surface area contributed by atoms with E-state index in [1.807, 2.05) is 42.5 Å². The van der Waals surface area contributed by atoms with Crippen molar-refractivity contribution in [1.29, 1.82) is 0 Å². The zero-order chi connectivity index (χ0) is 68.8. The second-order valence-electron chi connectivity index (χ2n) is 23.4. The molecule has 22 nitrogen and oxygen atoms in total. The molecule has 98 heavy (non-hydrogen) atoms. The fourth-order valence-electron chi connectivity index (χ4n) is 13.0. The number of rotatable bonds is 15. The molecule has 0 aliphatic carbocycles. The summed E-state index contributed by atoms with van der Waals surface area (Å²) in [5.41, 5.74) is 6.78. The molecule has 33 heteroatoms. The van der Waals surface area contributed by atoms with Crippen LogP contribution in [0.5, 0.6) is 5.75 Å². The molecule has 4 N–H and O–H groups in total. The Kier molecular flexibility index (Phi) is 19.2. The summed E-state index contributed by atoms with van der Waals surface area (Å²) in [6.45, 7) is 3.83. The zero-order valence-corrected chi connectivity index (χ0v) is 57.8. The number of hydrogen-bond acceptors (Lipinski definition) is 19. The predicted molar refractivity (Wildman–Crippen MR) is 389 cm³/mol. The molecule has 3 fully saturated rings. The van der Waals surface area contributed by atoms with E-state index in [1.165, 1.54) is 83.6 Å². The van der Waals surface area contributed by atoms with Crippen LogP contribution < -0.4 is 43.6 Å². The van der Waals surface area contributed by atoms with Gasteiger partial charge in [0, 0.05) is 128 Å². The van der Waals surface area contributed by atoms with Crippen molar-refractivity contribution in [1.82, 2.24) is 15.0 Å². The zero-order valence-electron chi connectivity index (χ0n) is 51.4. The van der Waals surface area contributed by atoms with E-state index < -0.39 is 41.9 Å². The van der Waals surface area contributed by atoms with Gasteiger partial charge in [0.15, 0.2) is 21.1 Å². The first-order chi connectivity index (χ1) is 46.9. The number of amides is 3. The summed E-state index contributed by atoms with van der Waals surface area (Å²) in [4.78, 5) is 62.3. The average Bonchev–Trinajstić information content (AvgIpc) is 1.64. The van der Waals surface area contributed by atoms with Gasteiger partial charge in [0.2, 0.25) is 17.7 Å². The molecule has 6 aliphatic heterocycles. The molecule has 6 aliphatic rings. The summed E-state index contributed by atoms with van der Waals surface area (Å²) in [6.07, 6.45) is 3.76. The molecule has 0 bridgehead atoms. The Hall–Kier alpha value is -8.56. The number of phenols is 1. The van der Waals surface area contributed by atoms with E-state index in [4.69, 9.17) is 23.2 Å². The lowest BCUT2D eigenvalue weighted by Gasteiger charge is -2.35. The van der Waals surface area contributed by atoms with Crippen molar-refractivity contribution in [3.63, 3.8) is 0 Å². The summed E-state index contributed by atoms with van der Waals surface area (Å²) in [5, 5.41) is 15.8. The highest BCUT2D eigenvalue weighted by atomic mass is 35.5. The summed E-state index contributed by atoms with van der Waals surface area (Å²) in [5.74, 6) is 0.191. The number of phenolic OH excluding ortho intramolecular Hbond substituents is 1. The summed E-state index contributed by atoms with van der Waals surface area (Å²) < 4.78 is 121. The van der Waals surface area contributed by atoms with Gasteiger partial charge in [-0.1, -0.05) is 35.3 Å². The fourth-order valence-corrected chi connectivity index (χ4v) is 19.0. The maximum absolute atomic E-state index is 13.3. The van der Waals surface area contributed by atoms with Gasteiger partial charge in [-0.25, -0.2) is 40.2 Å². The second kappa shape index (κ2) is 27.6. The van der Waals surface area contributed by atoms with Crippen LogP contribution in [0.25, 0.3) is 0 Å². The molecule has 0 saturated carbocycles. The number of aromatic hydroxyl groups is 1. The van der Waals surface area contributed by atoms with Crippen LogP contribution >= 0.6 is 57.2 Å². The maximum Gasteiger partial charge on any atom is 0.434 e. The lowest BCUT2D eigenvalue weighted by atomic mass is 9.99. The van der Waals surface area contributed by atoms with Crippen molar-refractivity contribution in [2.45, 2.75) is 83.9 Å². The largest absolute Gasteiger partial charge is 0.508 e. The number of fused-ring (bicyclic) bond motifs is 3. The van der Waals surface area contributed by atoms with Gasteiger partial charge >= 0.3 is 6.18 Å². The number of nitrogens with one attached hydrogen (secondary N) is 3. The van der Waals surface area contributed by atoms with Gasteiger partial charge in [-0.2, -0.15) is 13.2 Å². The van der Waals surface area contributed by atoms with Crippen LogP contribution in [0.2, 0.25) is 10.0 Å². The topological polar surface area (TPSA) is 268 Å². The molecule has 15 rings (SSSR count). The Morgan fingerprint density at radius 1 is 0.510 bits per heavy atom. The number of thiazole rings is 3. The lowest BCUT2D eigenvalue weighted by Crippen LogP contribution is -2.44. The van der Waals surface area contributed by atoms with Gasteiger partial charge in [0.1, 0.15) is 23.9 Å². The lowest BCUT2D eigenvalue weighted by molar-refractivity contribution is -0.140. The second-order valence-corrected chi connectivity index (χ2v) is 31.9. The molecular formula is C65H73Cl2F3N12O10S6. The quantitative estimate of drug-likeness (QED) is 0.0743. The smallest absolute Gasteiger partial charge is 0.434 e. The normalized spacial score (nSPS) is 18.5. The average molecular weight is 1500 g/mol. The third-order valence-corrected chi connectivity index (χ3v) is 24.8. The number of aromatic nitrogens is 3. The van der Waals surface area contributed by atoms with E-state index in [1.54, 1.807) is 61.9 Å². The van der Waals surface area contributed by atoms with Crippen molar-refractivity contribution in [2.24, 2.45) is 0 Å². The van der Waals surface area contributed by atoms with Gasteiger partial charge in [-0.05, 0) is 171 Å². The van der Waals surface area contributed by atoms with Crippen LogP contribution in [0.1, 0.15) is 58.1 Å². The number of carbonyl (C=O) groups is 3. The number of hydrogen-bond donors (Lipinski definition) is 4. The highest BCUT2D eigenvalue weighted by Gasteiger charge is 2.43. The molecule has 6 aromatic carbocycles. The van der Waals surface area contributed by atoms with E-state index in [0.717, 1.165) is 76.5 Å². The third-order valence-electron chi connectivity index (χ3n) is 17.6. The molecule has 3 aromatic heterocycles. The fraction of sp³-hybridized carbons (Fsp3) is 0.262. The molecule has 3 saturated heterocycles. The van der Waals surface area contributed by atoms with Crippen LogP contribution in [0.4, 0.5) is 62.7 Å². The van der Waals surface area contributed by atoms with Crippen molar-refractivity contribution < 1.29 is 67.9 Å². The highest BCUT2D eigenvalue weighted by molar-refractivity contribution is 7.93. The first-order valence-corrected chi connectivity index (χ1v) is 38.6. The number of halogens is 5. The van der Waals surface area contributed by atoms with Crippen molar-refractivity contribution in [3.8, 4) is 5.75 Å². The summed E-state index contributed by atoms with van der Waals surface area (Å²) in [6, 6.07) is 34.4. The maximum atomic E-state index is 13.3. The number of benzene rings is 6. The molecule has 3 atom stereocenters. The van der Waals surface area contributed by atoms with Crippen LogP contribution in [-0.4, -0.2) is 120 Å². The minimum absolute atomic E-state index is 0. The molecule has 9 heterocycles. The summed E-state index contributed by atoms with van der Waals surface area (Å²) >= 11 is 15.4. The Bertz CT molecular complexity index is 4670. The first kappa shape index (κ1) is 68.0. The van der Waals surface area contributed by atoms with Gasteiger partial charge in [-0.3, -0.25) is 28.5 Å². The number of carbonyl (C=O) groups excluding carboxylic acids is 3. The van der Waals surface area contributed by atoms with E-state index in [-0.39, 0.29) is 71.4 Å². The molecule has 9 aromatic rings. The van der Waals surface area contributed by atoms with Gasteiger partial charge in [-0.15, -0.1) is 34.0 Å². The van der Waals surface area contributed by atoms with Crippen LogP contribution in [0.15, 0.2) is 171 Å². The van der Waals surface area contributed by atoms with Crippen LogP contribution in [0.3, 0.4) is 0 Å². The first-order valence-electron chi connectivity index (χ1n) is 30.7. The van der Waals surface area contributed by atoms with Crippen LogP contribution in [-0.2, 0) is 69.9 Å².